The second-order valence-corrected chi connectivity index (χ2v) is 4.83. The lowest BCUT2D eigenvalue weighted by molar-refractivity contribution is 0.198. The summed E-state index contributed by atoms with van der Waals surface area (Å²) in [5, 5.41) is 3.37. The predicted molar refractivity (Wildman–Crippen MR) is 64.1 cm³/mol. The van der Waals surface area contributed by atoms with Gasteiger partial charge in [-0.1, -0.05) is 6.92 Å². The average Bonchev–Trinajstić information content (AvgIpc) is 2.88. The first kappa shape index (κ1) is 12.9. The van der Waals surface area contributed by atoms with Gasteiger partial charge in [-0.2, -0.15) is 0 Å². The monoisotopic (exact) mass is 214 g/mol. The number of hydrogen-bond acceptors (Lipinski definition) is 3. The molecule has 0 aromatic rings. The Hall–Kier alpha value is -0.120. The van der Waals surface area contributed by atoms with E-state index in [1.807, 2.05) is 0 Å². The summed E-state index contributed by atoms with van der Waals surface area (Å²) in [5.74, 6) is 1.96. The largest absolute Gasteiger partial charge is 0.383 e. The molecule has 0 bridgehead atoms. The van der Waals surface area contributed by atoms with E-state index in [-0.39, 0.29) is 0 Å². The smallest absolute Gasteiger partial charge is 0.0587 e. The summed E-state index contributed by atoms with van der Waals surface area (Å²) in [6.45, 7) is 7.75. The Labute approximate surface area is 94.2 Å². The van der Waals surface area contributed by atoms with Gasteiger partial charge in [0.2, 0.25) is 0 Å². The third-order valence-electron chi connectivity index (χ3n) is 3.20. The quantitative estimate of drug-likeness (QED) is 0.584. The molecule has 2 atom stereocenters. The Morgan fingerprint density at radius 1 is 1.40 bits per heavy atom. The normalized spacial score (nSPS) is 24.8. The van der Waals surface area contributed by atoms with Crippen molar-refractivity contribution in [1.29, 1.82) is 0 Å². The molecule has 1 aliphatic carbocycles. The number of hydrogen-bond donors (Lipinski definition) is 1. The minimum Gasteiger partial charge on any atom is -0.383 e. The Kier molecular flexibility index (Phi) is 6.22. The van der Waals surface area contributed by atoms with Gasteiger partial charge < -0.3 is 15.0 Å². The first-order valence-electron chi connectivity index (χ1n) is 6.12. The van der Waals surface area contributed by atoms with Gasteiger partial charge in [0, 0.05) is 20.2 Å². The van der Waals surface area contributed by atoms with E-state index < -0.39 is 0 Å². The van der Waals surface area contributed by atoms with Crippen molar-refractivity contribution < 1.29 is 4.74 Å². The molecule has 0 heterocycles. The van der Waals surface area contributed by atoms with E-state index in [2.05, 4.69) is 24.2 Å². The number of nitrogens with one attached hydrogen (secondary N) is 1. The second kappa shape index (κ2) is 7.20. The molecule has 1 aliphatic rings. The fraction of sp³-hybridized carbons (Fsp3) is 1.00. The lowest BCUT2D eigenvalue weighted by atomic mass is 10.3. The standard InChI is InChI=1S/C12H26N2O/c1-11-9-12(11)10-14(2)7-4-5-13-6-8-15-3/h11-13H,4-10H2,1-3H3. The summed E-state index contributed by atoms with van der Waals surface area (Å²) in [6, 6.07) is 0. The van der Waals surface area contributed by atoms with Crippen LogP contribution in [0.15, 0.2) is 0 Å². The maximum atomic E-state index is 4.97. The maximum absolute atomic E-state index is 4.97. The van der Waals surface area contributed by atoms with E-state index in [0.717, 1.165) is 31.5 Å². The van der Waals surface area contributed by atoms with Gasteiger partial charge in [-0.15, -0.1) is 0 Å². The van der Waals surface area contributed by atoms with Gasteiger partial charge in [0.1, 0.15) is 0 Å². The Morgan fingerprint density at radius 3 is 2.73 bits per heavy atom. The molecule has 0 amide bonds. The summed E-state index contributed by atoms with van der Waals surface area (Å²) in [7, 11) is 3.98. The topological polar surface area (TPSA) is 24.5 Å². The molecule has 3 heteroatoms. The van der Waals surface area contributed by atoms with Crippen LogP contribution in [0, 0.1) is 11.8 Å². The third kappa shape index (κ3) is 6.13. The van der Waals surface area contributed by atoms with Gasteiger partial charge in [0.05, 0.1) is 6.61 Å². The third-order valence-corrected chi connectivity index (χ3v) is 3.20. The van der Waals surface area contributed by atoms with Crippen molar-refractivity contribution in [3.8, 4) is 0 Å². The molecule has 0 radical (unpaired) electrons. The van der Waals surface area contributed by atoms with Crippen molar-refractivity contribution in [2.75, 3.05) is 46.9 Å². The van der Waals surface area contributed by atoms with Gasteiger partial charge in [0.15, 0.2) is 0 Å². The molecule has 3 nitrogen and oxygen atoms in total. The average molecular weight is 214 g/mol. The highest BCUT2D eigenvalue weighted by atomic mass is 16.5. The van der Waals surface area contributed by atoms with Crippen molar-refractivity contribution in [3.05, 3.63) is 0 Å². The highest BCUT2D eigenvalue weighted by Gasteiger charge is 2.32. The van der Waals surface area contributed by atoms with Gasteiger partial charge >= 0.3 is 0 Å². The molecule has 0 aliphatic heterocycles. The first-order chi connectivity index (χ1) is 7.24. The summed E-state index contributed by atoms with van der Waals surface area (Å²) in [6.07, 6.45) is 2.68. The van der Waals surface area contributed by atoms with Crippen LogP contribution in [0.2, 0.25) is 0 Å². The van der Waals surface area contributed by atoms with Crippen molar-refractivity contribution in [2.24, 2.45) is 11.8 Å². The Balaban J connectivity index is 1.82. The summed E-state index contributed by atoms with van der Waals surface area (Å²) in [5.41, 5.74) is 0. The van der Waals surface area contributed by atoms with Crippen LogP contribution in [0.1, 0.15) is 19.8 Å². The lowest BCUT2D eigenvalue weighted by Crippen LogP contribution is -2.27. The molecule has 90 valence electrons. The number of rotatable bonds is 9. The van der Waals surface area contributed by atoms with Crippen LogP contribution in [-0.4, -0.2) is 51.8 Å². The zero-order chi connectivity index (χ0) is 11.1. The molecular weight excluding hydrogens is 188 g/mol. The highest BCUT2D eigenvalue weighted by Crippen LogP contribution is 2.37. The van der Waals surface area contributed by atoms with Gasteiger partial charge in [-0.3, -0.25) is 0 Å². The van der Waals surface area contributed by atoms with E-state index in [4.69, 9.17) is 4.74 Å². The van der Waals surface area contributed by atoms with Crippen LogP contribution in [0.25, 0.3) is 0 Å². The Bertz CT molecular complexity index is 164. The lowest BCUT2D eigenvalue weighted by Gasteiger charge is -2.16. The molecule has 1 fully saturated rings. The number of nitrogens with zero attached hydrogens (tertiary/aromatic N) is 1. The fourth-order valence-electron chi connectivity index (χ4n) is 1.92. The van der Waals surface area contributed by atoms with Crippen molar-refractivity contribution >= 4 is 0 Å². The minimum absolute atomic E-state index is 0.815. The molecule has 1 N–H and O–H groups in total. The van der Waals surface area contributed by atoms with E-state index >= 15 is 0 Å². The molecule has 1 rings (SSSR count). The molecule has 0 aromatic carbocycles. The zero-order valence-corrected chi connectivity index (χ0v) is 10.5. The van der Waals surface area contributed by atoms with Crippen molar-refractivity contribution in [1.82, 2.24) is 10.2 Å². The molecular formula is C12H26N2O. The van der Waals surface area contributed by atoms with Crippen LogP contribution >= 0.6 is 0 Å². The van der Waals surface area contributed by atoms with Crippen LogP contribution in [-0.2, 0) is 4.74 Å². The molecule has 0 saturated heterocycles. The summed E-state index contributed by atoms with van der Waals surface area (Å²) >= 11 is 0. The number of methoxy groups -OCH3 is 1. The summed E-state index contributed by atoms with van der Waals surface area (Å²) in [4.78, 5) is 2.46. The fourth-order valence-corrected chi connectivity index (χ4v) is 1.92. The Morgan fingerprint density at radius 2 is 2.13 bits per heavy atom. The predicted octanol–water partition coefficient (Wildman–Crippen LogP) is 1.20. The van der Waals surface area contributed by atoms with E-state index in [1.54, 1.807) is 7.11 Å². The van der Waals surface area contributed by atoms with Crippen LogP contribution in [0.4, 0.5) is 0 Å². The minimum atomic E-state index is 0.815. The van der Waals surface area contributed by atoms with Gasteiger partial charge in [0.25, 0.3) is 0 Å². The SMILES string of the molecule is COCCNCCCN(C)CC1CC1C. The van der Waals surface area contributed by atoms with Gasteiger partial charge in [-0.05, 0) is 44.8 Å². The van der Waals surface area contributed by atoms with Gasteiger partial charge in [-0.25, -0.2) is 0 Å². The van der Waals surface area contributed by atoms with Crippen LogP contribution in [0.5, 0.6) is 0 Å². The van der Waals surface area contributed by atoms with Crippen molar-refractivity contribution in [3.63, 3.8) is 0 Å². The highest BCUT2D eigenvalue weighted by molar-refractivity contribution is 4.84. The first-order valence-corrected chi connectivity index (χ1v) is 6.12. The van der Waals surface area contributed by atoms with E-state index in [1.165, 1.54) is 25.9 Å². The van der Waals surface area contributed by atoms with E-state index in [0.29, 0.717) is 0 Å². The van der Waals surface area contributed by atoms with Crippen molar-refractivity contribution in [2.45, 2.75) is 19.8 Å². The number of ether oxygens (including phenoxy) is 1. The summed E-state index contributed by atoms with van der Waals surface area (Å²) < 4.78 is 4.97. The van der Waals surface area contributed by atoms with Crippen LogP contribution in [0.3, 0.4) is 0 Å². The molecule has 15 heavy (non-hydrogen) atoms. The molecule has 2 unspecified atom stereocenters. The van der Waals surface area contributed by atoms with Crippen LogP contribution < -0.4 is 5.32 Å². The molecule has 0 aromatic heterocycles. The maximum Gasteiger partial charge on any atom is 0.0587 e. The second-order valence-electron chi connectivity index (χ2n) is 4.83. The zero-order valence-electron chi connectivity index (χ0n) is 10.5. The van der Waals surface area contributed by atoms with E-state index in [9.17, 15) is 0 Å². The molecule has 0 spiro atoms. The molecule has 1 saturated carbocycles.